The summed E-state index contributed by atoms with van der Waals surface area (Å²) in [6.07, 6.45) is 11.4. The van der Waals surface area contributed by atoms with Gasteiger partial charge in [0.25, 0.3) is 0 Å². The van der Waals surface area contributed by atoms with Crippen molar-refractivity contribution in [1.29, 1.82) is 0 Å². The first-order valence-corrected chi connectivity index (χ1v) is 9.41. The van der Waals surface area contributed by atoms with Crippen LogP contribution in [0.1, 0.15) is 71.6 Å². The molecule has 0 saturated heterocycles. The summed E-state index contributed by atoms with van der Waals surface area (Å²) in [5, 5.41) is 0. The molecule has 6 atom stereocenters. The topological polar surface area (TPSA) is 26.3 Å². The molecule has 0 aromatic heterocycles. The van der Waals surface area contributed by atoms with E-state index in [9.17, 15) is 4.79 Å². The van der Waals surface area contributed by atoms with Gasteiger partial charge in [-0.15, -0.1) is 0 Å². The van der Waals surface area contributed by atoms with Crippen LogP contribution in [0.4, 0.5) is 0 Å². The number of hydrogen-bond donors (Lipinski definition) is 0. The summed E-state index contributed by atoms with van der Waals surface area (Å²) in [6.45, 7) is 5.01. The maximum absolute atomic E-state index is 12.2. The predicted molar refractivity (Wildman–Crippen MR) is 84.8 cm³/mol. The molecule has 3 saturated carbocycles. The number of fused-ring (bicyclic) bond motifs is 5. The van der Waals surface area contributed by atoms with Crippen molar-refractivity contribution in [3.8, 4) is 0 Å². The molecule has 2 nitrogen and oxygen atoms in total. The van der Waals surface area contributed by atoms with Crippen LogP contribution in [0.25, 0.3) is 0 Å². The monoisotopic (exact) mass is 292 g/mol. The summed E-state index contributed by atoms with van der Waals surface area (Å²) in [5.74, 6) is 4.77. The smallest absolute Gasteiger partial charge is 0.308 e. The molecule has 3 aliphatic rings. The summed E-state index contributed by atoms with van der Waals surface area (Å²) >= 11 is 0. The van der Waals surface area contributed by atoms with E-state index in [-0.39, 0.29) is 11.9 Å². The van der Waals surface area contributed by atoms with Gasteiger partial charge in [0.1, 0.15) is 0 Å². The molecular weight excluding hydrogens is 260 g/mol. The Hall–Kier alpha value is -0.530. The van der Waals surface area contributed by atoms with Crippen LogP contribution >= 0.6 is 0 Å². The van der Waals surface area contributed by atoms with Gasteiger partial charge in [-0.05, 0) is 68.1 Å². The highest BCUT2D eigenvalue weighted by atomic mass is 16.5. The molecule has 21 heavy (non-hydrogen) atoms. The summed E-state index contributed by atoms with van der Waals surface area (Å²) in [7, 11) is 0. The normalized spacial score (nSPS) is 38.5. The van der Waals surface area contributed by atoms with Crippen molar-refractivity contribution in [1.82, 2.24) is 0 Å². The molecule has 0 spiro atoms. The Morgan fingerprint density at radius 2 is 1.95 bits per heavy atom. The van der Waals surface area contributed by atoms with Crippen LogP contribution in [0, 0.1) is 35.5 Å². The zero-order valence-corrected chi connectivity index (χ0v) is 13.9. The Morgan fingerprint density at radius 3 is 2.71 bits per heavy atom. The third-order valence-electron chi connectivity index (χ3n) is 6.74. The molecule has 3 fully saturated rings. The summed E-state index contributed by atoms with van der Waals surface area (Å²) < 4.78 is 5.74. The number of unbranched alkanes of at least 4 members (excludes halogenated alkanes) is 1. The number of carbonyl (C=O) groups excluding carboxylic acids is 1. The van der Waals surface area contributed by atoms with E-state index in [0.717, 1.165) is 42.9 Å². The van der Waals surface area contributed by atoms with Gasteiger partial charge >= 0.3 is 5.97 Å². The van der Waals surface area contributed by atoms with E-state index < -0.39 is 0 Å². The van der Waals surface area contributed by atoms with E-state index in [1.807, 2.05) is 0 Å². The highest BCUT2D eigenvalue weighted by molar-refractivity contribution is 5.72. The zero-order valence-electron chi connectivity index (χ0n) is 13.9. The van der Waals surface area contributed by atoms with Crippen molar-refractivity contribution in [3.05, 3.63) is 0 Å². The Morgan fingerprint density at radius 1 is 1.14 bits per heavy atom. The molecule has 0 radical (unpaired) electrons. The Balaban J connectivity index is 1.46. The van der Waals surface area contributed by atoms with Gasteiger partial charge in [-0.1, -0.05) is 33.1 Å². The molecule has 2 bridgehead atoms. The van der Waals surface area contributed by atoms with Crippen LogP contribution in [-0.2, 0) is 9.53 Å². The SMILES string of the molecule is CCCCC(CC)C(=O)OCC1CC2CC1C1CCCC21. The second-order valence-electron chi connectivity index (χ2n) is 7.79. The van der Waals surface area contributed by atoms with Crippen LogP contribution in [-0.4, -0.2) is 12.6 Å². The van der Waals surface area contributed by atoms with E-state index in [1.54, 1.807) is 0 Å². The van der Waals surface area contributed by atoms with Crippen LogP contribution in [0.2, 0.25) is 0 Å². The number of carbonyl (C=O) groups is 1. The number of hydrogen-bond acceptors (Lipinski definition) is 2. The fourth-order valence-corrected chi connectivity index (χ4v) is 5.65. The lowest BCUT2D eigenvalue weighted by Crippen LogP contribution is -2.29. The van der Waals surface area contributed by atoms with Crippen molar-refractivity contribution in [3.63, 3.8) is 0 Å². The first kappa shape index (κ1) is 15.4. The first-order chi connectivity index (χ1) is 10.2. The third kappa shape index (κ3) is 3.00. The van der Waals surface area contributed by atoms with E-state index in [2.05, 4.69) is 13.8 Å². The standard InChI is InChI=1S/C19H32O2/c1-3-5-7-13(4-2)19(20)21-12-15-10-14-11-18(15)17-9-6-8-16(14)17/h13-18H,3-12H2,1-2H3. The largest absolute Gasteiger partial charge is 0.465 e. The molecule has 3 rings (SSSR count). The lowest BCUT2D eigenvalue weighted by Gasteiger charge is -2.31. The molecule has 0 aromatic carbocycles. The Labute approximate surface area is 130 Å². The van der Waals surface area contributed by atoms with Gasteiger partial charge in [0.15, 0.2) is 0 Å². The van der Waals surface area contributed by atoms with Gasteiger partial charge in [-0.25, -0.2) is 0 Å². The van der Waals surface area contributed by atoms with E-state index >= 15 is 0 Å². The minimum atomic E-state index is 0.0803. The fourth-order valence-electron chi connectivity index (χ4n) is 5.65. The molecule has 0 aromatic rings. The number of ether oxygens (including phenoxy) is 1. The van der Waals surface area contributed by atoms with Crippen LogP contribution < -0.4 is 0 Å². The lowest BCUT2D eigenvalue weighted by molar-refractivity contribution is -0.151. The average Bonchev–Trinajstić information content (AvgIpc) is 3.18. The minimum Gasteiger partial charge on any atom is -0.465 e. The Kier molecular flexibility index (Phi) is 4.91. The van der Waals surface area contributed by atoms with Crippen molar-refractivity contribution >= 4 is 5.97 Å². The quantitative estimate of drug-likeness (QED) is 0.629. The molecule has 2 heteroatoms. The van der Waals surface area contributed by atoms with Gasteiger partial charge in [0.2, 0.25) is 0 Å². The van der Waals surface area contributed by atoms with Crippen LogP contribution in [0.3, 0.4) is 0 Å². The van der Waals surface area contributed by atoms with Crippen molar-refractivity contribution < 1.29 is 9.53 Å². The highest BCUT2D eigenvalue weighted by Gasteiger charge is 2.53. The molecular formula is C19H32O2. The predicted octanol–water partition coefficient (Wildman–Crippen LogP) is 4.82. The summed E-state index contributed by atoms with van der Waals surface area (Å²) in [5.41, 5.74) is 0. The molecule has 6 unspecified atom stereocenters. The maximum atomic E-state index is 12.2. The van der Waals surface area contributed by atoms with Crippen molar-refractivity contribution in [2.24, 2.45) is 35.5 Å². The maximum Gasteiger partial charge on any atom is 0.308 e. The number of rotatable bonds is 7. The van der Waals surface area contributed by atoms with Crippen molar-refractivity contribution in [2.45, 2.75) is 71.6 Å². The van der Waals surface area contributed by atoms with Gasteiger partial charge in [-0.2, -0.15) is 0 Å². The molecule has 0 aliphatic heterocycles. The molecule has 0 amide bonds. The van der Waals surface area contributed by atoms with E-state index in [1.165, 1.54) is 38.5 Å². The molecule has 0 N–H and O–H groups in total. The Bertz CT molecular complexity index is 365. The second-order valence-corrected chi connectivity index (χ2v) is 7.79. The summed E-state index contributed by atoms with van der Waals surface area (Å²) in [6, 6.07) is 0. The first-order valence-electron chi connectivity index (χ1n) is 9.41. The van der Waals surface area contributed by atoms with Crippen LogP contribution in [0.5, 0.6) is 0 Å². The van der Waals surface area contributed by atoms with Gasteiger partial charge in [0.05, 0.1) is 12.5 Å². The average molecular weight is 292 g/mol. The molecule has 120 valence electrons. The second kappa shape index (κ2) is 6.71. The zero-order chi connectivity index (χ0) is 14.8. The van der Waals surface area contributed by atoms with Crippen molar-refractivity contribution in [2.75, 3.05) is 6.61 Å². The molecule has 3 aliphatic carbocycles. The minimum absolute atomic E-state index is 0.0803. The number of esters is 1. The van der Waals surface area contributed by atoms with Gasteiger partial charge in [-0.3, -0.25) is 4.79 Å². The highest BCUT2D eigenvalue weighted by Crippen LogP contribution is 2.60. The van der Waals surface area contributed by atoms with E-state index in [4.69, 9.17) is 4.74 Å². The lowest BCUT2D eigenvalue weighted by atomic mass is 9.76. The van der Waals surface area contributed by atoms with Crippen LogP contribution in [0.15, 0.2) is 0 Å². The van der Waals surface area contributed by atoms with E-state index in [0.29, 0.717) is 12.5 Å². The summed E-state index contributed by atoms with van der Waals surface area (Å²) in [4.78, 5) is 12.2. The third-order valence-corrected chi connectivity index (χ3v) is 6.74. The molecule has 0 heterocycles. The van der Waals surface area contributed by atoms with Gasteiger partial charge in [0, 0.05) is 0 Å². The fraction of sp³-hybridized carbons (Fsp3) is 0.947. The van der Waals surface area contributed by atoms with Gasteiger partial charge < -0.3 is 4.74 Å².